The van der Waals surface area contributed by atoms with Crippen molar-refractivity contribution in [3.63, 3.8) is 0 Å². The number of hydrogen-bond acceptors (Lipinski definition) is 4. The minimum atomic E-state index is -3.63. The van der Waals surface area contributed by atoms with Gasteiger partial charge in [-0.2, -0.15) is 4.31 Å². The van der Waals surface area contributed by atoms with E-state index < -0.39 is 21.7 Å². The van der Waals surface area contributed by atoms with E-state index in [-0.39, 0.29) is 16.0 Å². The zero-order valence-corrected chi connectivity index (χ0v) is 18.8. The summed E-state index contributed by atoms with van der Waals surface area (Å²) in [5, 5.41) is 3.01. The van der Waals surface area contributed by atoms with Crippen molar-refractivity contribution in [2.75, 3.05) is 19.6 Å². The Hall–Kier alpha value is -2.26. The van der Waals surface area contributed by atoms with E-state index >= 15 is 0 Å². The molecule has 1 N–H and O–H groups in total. The van der Waals surface area contributed by atoms with Crippen molar-refractivity contribution < 1.29 is 17.6 Å². The molecule has 1 saturated carbocycles. The molecule has 2 fully saturated rings. The summed E-state index contributed by atoms with van der Waals surface area (Å²) in [6.45, 7) is 2.92. The first-order valence-corrected chi connectivity index (χ1v) is 12.2. The number of amides is 1. The molecule has 1 amide bonds. The Kier molecular flexibility index (Phi) is 5.91. The van der Waals surface area contributed by atoms with Gasteiger partial charge in [0, 0.05) is 32.9 Å². The van der Waals surface area contributed by atoms with Gasteiger partial charge < -0.3 is 9.88 Å². The Balaban J connectivity index is 1.45. The van der Waals surface area contributed by atoms with Gasteiger partial charge in [-0.1, -0.05) is 25.0 Å². The second-order valence-corrected chi connectivity index (χ2v) is 10.9. The third-order valence-electron chi connectivity index (χ3n) is 6.56. The number of halogens is 1. The number of carbonyl (C=O) groups excluding carboxylic acids is 1. The van der Waals surface area contributed by atoms with Gasteiger partial charge in [-0.15, -0.1) is 0 Å². The molecular formula is C22H29FN4O3S. The number of carbonyl (C=O) groups is 1. The molecule has 1 saturated heterocycles. The first-order chi connectivity index (χ1) is 14.7. The predicted molar refractivity (Wildman–Crippen MR) is 114 cm³/mol. The summed E-state index contributed by atoms with van der Waals surface area (Å²) < 4.78 is 43.1. The van der Waals surface area contributed by atoms with Crippen molar-refractivity contribution in [3.05, 3.63) is 47.7 Å². The molecule has 2 aliphatic rings. The van der Waals surface area contributed by atoms with Crippen molar-refractivity contribution in [1.82, 2.24) is 19.2 Å². The van der Waals surface area contributed by atoms with Gasteiger partial charge in [0.2, 0.25) is 0 Å². The first kappa shape index (κ1) is 22.0. The Morgan fingerprint density at radius 1 is 1.29 bits per heavy atom. The van der Waals surface area contributed by atoms with Gasteiger partial charge in [-0.25, -0.2) is 17.8 Å². The van der Waals surface area contributed by atoms with E-state index in [1.54, 1.807) is 30.7 Å². The molecule has 0 spiro atoms. The van der Waals surface area contributed by atoms with Crippen LogP contribution in [0.15, 0.2) is 35.7 Å². The number of nitrogens with zero attached hydrogens (tertiary/aromatic N) is 3. The topological polar surface area (TPSA) is 84.3 Å². The second kappa shape index (κ2) is 8.35. The molecule has 2 aromatic rings. The zero-order valence-electron chi connectivity index (χ0n) is 18.0. The Morgan fingerprint density at radius 2 is 2.00 bits per heavy atom. The van der Waals surface area contributed by atoms with Gasteiger partial charge in [0.1, 0.15) is 5.82 Å². The third-order valence-corrected chi connectivity index (χ3v) is 8.34. The number of aryl methyl sites for hydroxylation is 2. The second-order valence-electron chi connectivity index (χ2n) is 9.04. The lowest BCUT2D eigenvalue weighted by molar-refractivity contribution is 0.0867. The standard InChI is InChI=1S/C22H29FN4O3S/c1-16-4-3-5-18(23)20(16)21(28)24-14-22(12-17-6-7-17)8-10-27(11-9-22)31(29,30)19-13-26(2)15-25-19/h3-5,13,15,17H,6-12,14H2,1-2H3,(H,24,28). The van der Waals surface area contributed by atoms with Crippen LogP contribution < -0.4 is 5.32 Å². The van der Waals surface area contributed by atoms with E-state index in [1.165, 1.54) is 35.7 Å². The number of rotatable bonds is 7. The molecule has 31 heavy (non-hydrogen) atoms. The highest BCUT2D eigenvalue weighted by Crippen LogP contribution is 2.46. The number of piperidine rings is 1. The van der Waals surface area contributed by atoms with Crippen LogP contribution in [-0.4, -0.2) is 47.8 Å². The summed E-state index contributed by atoms with van der Waals surface area (Å²) in [5.41, 5.74) is 0.510. The fourth-order valence-corrected chi connectivity index (χ4v) is 5.93. The van der Waals surface area contributed by atoms with Crippen LogP contribution >= 0.6 is 0 Å². The number of nitrogens with one attached hydrogen (secondary N) is 1. The van der Waals surface area contributed by atoms with Gasteiger partial charge in [-0.3, -0.25) is 4.79 Å². The Morgan fingerprint density at radius 3 is 2.58 bits per heavy atom. The summed E-state index contributed by atoms with van der Waals surface area (Å²) in [4.78, 5) is 16.7. The van der Waals surface area contributed by atoms with Crippen LogP contribution in [0, 0.1) is 24.1 Å². The maximum Gasteiger partial charge on any atom is 0.262 e. The smallest absolute Gasteiger partial charge is 0.262 e. The van der Waals surface area contributed by atoms with Crippen LogP contribution in [0.25, 0.3) is 0 Å². The van der Waals surface area contributed by atoms with Crippen molar-refractivity contribution in [3.8, 4) is 0 Å². The highest BCUT2D eigenvalue weighted by atomic mass is 32.2. The molecule has 1 aliphatic carbocycles. The number of hydrogen-bond donors (Lipinski definition) is 1. The van der Waals surface area contributed by atoms with E-state index in [0.29, 0.717) is 44.0 Å². The molecule has 4 rings (SSSR count). The summed E-state index contributed by atoms with van der Waals surface area (Å²) in [7, 11) is -1.89. The number of sulfonamides is 1. The normalized spacial score (nSPS) is 19.3. The quantitative estimate of drug-likeness (QED) is 0.706. The third kappa shape index (κ3) is 4.67. The van der Waals surface area contributed by atoms with Crippen LogP contribution in [0.1, 0.15) is 48.0 Å². The van der Waals surface area contributed by atoms with Gasteiger partial charge in [0.05, 0.1) is 11.9 Å². The van der Waals surface area contributed by atoms with E-state index in [1.807, 2.05) is 0 Å². The number of benzene rings is 1. The Bertz CT molecular complexity index is 1050. The van der Waals surface area contributed by atoms with Crippen molar-refractivity contribution in [2.45, 2.75) is 44.1 Å². The molecule has 1 aliphatic heterocycles. The lowest BCUT2D eigenvalue weighted by Gasteiger charge is -2.41. The number of aromatic nitrogens is 2. The number of imidazole rings is 1. The predicted octanol–water partition coefficient (Wildman–Crippen LogP) is 2.87. The summed E-state index contributed by atoms with van der Waals surface area (Å²) in [6, 6.07) is 4.61. The lowest BCUT2D eigenvalue weighted by Crippen LogP contribution is -2.48. The van der Waals surface area contributed by atoms with E-state index in [4.69, 9.17) is 0 Å². The fraction of sp³-hybridized carbons (Fsp3) is 0.545. The molecule has 0 atom stereocenters. The van der Waals surface area contributed by atoms with E-state index in [2.05, 4.69) is 10.3 Å². The van der Waals surface area contributed by atoms with Gasteiger partial charge in [0.15, 0.2) is 5.03 Å². The van der Waals surface area contributed by atoms with Gasteiger partial charge >= 0.3 is 0 Å². The van der Waals surface area contributed by atoms with Crippen molar-refractivity contribution in [2.24, 2.45) is 18.4 Å². The summed E-state index contributed by atoms with van der Waals surface area (Å²) in [5.74, 6) is -0.301. The molecular weight excluding hydrogens is 419 g/mol. The van der Waals surface area contributed by atoms with Gasteiger partial charge in [0.25, 0.3) is 15.9 Å². The Labute approximate surface area is 182 Å². The molecule has 0 bridgehead atoms. The van der Waals surface area contributed by atoms with Crippen LogP contribution in [0.5, 0.6) is 0 Å². The maximum atomic E-state index is 14.2. The molecule has 0 radical (unpaired) electrons. The van der Waals surface area contributed by atoms with Gasteiger partial charge in [-0.05, 0) is 49.1 Å². The minimum absolute atomic E-state index is 0.0630. The largest absolute Gasteiger partial charge is 0.351 e. The van der Waals surface area contributed by atoms with Crippen LogP contribution in [-0.2, 0) is 17.1 Å². The fourth-order valence-electron chi connectivity index (χ4n) is 4.52. The zero-order chi connectivity index (χ0) is 22.2. The molecule has 2 heterocycles. The monoisotopic (exact) mass is 448 g/mol. The van der Waals surface area contributed by atoms with Crippen molar-refractivity contribution in [1.29, 1.82) is 0 Å². The minimum Gasteiger partial charge on any atom is -0.351 e. The van der Waals surface area contributed by atoms with Crippen LogP contribution in [0.4, 0.5) is 4.39 Å². The van der Waals surface area contributed by atoms with E-state index in [0.717, 1.165) is 6.42 Å². The van der Waals surface area contributed by atoms with Crippen LogP contribution in [0.2, 0.25) is 0 Å². The molecule has 1 aromatic carbocycles. The first-order valence-electron chi connectivity index (χ1n) is 10.7. The molecule has 1 aromatic heterocycles. The summed E-state index contributed by atoms with van der Waals surface area (Å²) >= 11 is 0. The highest BCUT2D eigenvalue weighted by molar-refractivity contribution is 7.89. The molecule has 7 nitrogen and oxygen atoms in total. The van der Waals surface area contributed by atoms with E-state index in [9.17, 15) is 17.6 Å². The summed E-state index contributed by atoms with van der Waals surface area (Å²) in [6.07, 6.45) is 7.63. The average Bonchev–Trinajstić information content (AvgIpc) is 3.42. The molecule has 0 unspecified atom stereocenters. The van der Waals surface area contributed by atoms with Crippen LogP contribution in [0.3, 0.4) is 0 Å². The molecule has 168 valence electrons. The molecule has 9 heteroatoms. The van der Waals surface area contributed by atoms with Crippen molar-refractivity contribution >= 4 is 15.9 Å². The lowest BCUT2D eigenvalue weighted by atomic mass is 9.74. The SMILES string of the molecule is Cc1cccc(F)c1C(=O)NCC1(CC2CC2)CCN(S(=O)(=O)c2cn(C)cn2)CC1. The highest BCUT2D eigenvalue weighted by Gasteiger charge is 2.42. The average molecular weight is 449 g/mol. The maximum absolute atomic E-state index is 14.2.